The number of carbonyl (C=O) groups is 2. The molecule has 1 heterocycles. The van der Waals surface area contributed by atoms with Gasteiger partial charge < -0.3 is 9.64 Å². The van der Waals surface area contributed by atoms with Gasteiger partial charge in [-0.3, -0.25) is 10.2 Å². The van der Waals surface area contributed by atoms with Crippen LogP contribution in [0.2, 0.25) is 0 Å². The zero-order valence-electron chi connectivity index (χ0n) is 8.86. The lowest BCUT2D eigenvalue weighted by Crippen LogP contribution is -2.42. The van der Waals surface area contributed by atoms with Gasteiger partial charge in [-0.15, -0.1) is 0 Å². The maximum Gasteiger partial charge on any atom is 0.409 e. The van der Waals surface area contributed by atoms with Gasteiger partial charge in [-0.2, -0.15) is 0 Å². The molecule has 1 rings (SSSR count). The number of rotatable bonds is 2. The molecular weight excluding hydrogens is 198 g/mol. The van der Waals surface area contributed by atoms with E-state index in [0.717, 1.165) is 12.8 Å². The first-order valence-electron chi connectivity index (χ1n) is 4.99. The van der Waals surface area contributed by atoms with Gasteiger partial charge in [-0.25, -0.2) is 10.6 Å². The van der Waals surface area contributed by atoms with Crippen molar-refractivity contribution in [2.75, 3.05) is 20.2 Å². The molecule has 1 aliphatic rings. The van der Waals surface area contributed by atoms with Crippen LogP contribution >= 0.6 is 0 Å². The highest BCUT2D eigenvalue weighted by Crippen LogP contribution is 2.19. The minimum absolute atomic E-state index is 0.182. The van der Waals surface area contributed by atoms with Crippen LogP contribution < -0.4 is 11.3 Å². The molecule has 6 heteroatoms. The first kappa shape index (κ1) is 11.8. The SMILES string of the molecule is COC(=O)N1CCCC(CC(=O)NN)C1. The van der Waals surface area contributed by atoms with Crippen LogP contribution in [-0.2, 0) is 9.53 Å². The number of hydrazine groups is 1. The second-order valence-electron chi connectivity index (χ2n) is 3.70. The molecule has 0 aliphatic carbocycles. The molecule has 0 spiro atoms. The van der Waals surface area contributed by atoms with Crippen molar-refractivity contribution < 1.29 is 14.3 Å². The van der Waals surface area contributed by atoms with Crippen molar-refractivity contribution in [2.24, 2.45) is 11.8 Å². The summed E-state index contributed by atoms with van der Waals surface area (Å²) >= 11 is 0. The largest absolute Gasteiger partial charge is 0.453 e. The smallest absolute Gasteiger partial charge is 0.409 e. The Morgan fingerprint density at radius 1 is 1.60 bits per heavy atom. The van der Waals surface area contributed by atoms with E-state index >= 15 is 0 Å². The van der Waals surface area contributed by atoms with Gasteiger partial charge in [0.05, 0.1) is 7.11 Å². The van der Waals surface area contributed by atoms with Gasteiger partial charge in [0.15, 0.2) is 0 Å². The fourth-order valence-electron chi connectivity index (χ4n) is 1.85. The molecule has 0 bridgehead atoms. The fourth-order valence-corrected chi connectivity index (χ4v) is 1.85. The summed E-state index contributed by atoms with van der Waals surface area (Å²) in [5.41, 5.74) is 2.10. The Bertz CT molecular complexity index is 245. The average Bonchev–Trinajstić information content (AvgIpc) is 2.28. The molecule has 0 aromatic rings. The second kappa shape index (κ2) is 5.55. The Morgan fingerprint density at radius 2 is 2.33 bits per heavy atom. The molecule has 0 aromatic heterocycles. The minimum Gasteiger partial charge on any atom is -0.453 e. The number of likely N-dealkylation sites (tertiary alicyclic amines) is 1. The Labute approximate surface area is 88.7 Å². The van der Waals surface area contributed by atoms with Crippen molar-refractivity contribution >= 4 is 12.0 Å². The molecular formula is C9H17N3O3. The standard InChI is InChI=1S/C9H17N3O3/c1-15-9(14)12-4-2-3-7(6-12)5-8(13)11-10/h7H,2-6,10H2,1H3,(H,11,13). The molecule has 2 amide bonds. The predicted octanol–water partition coefficient (Wildman–Crippen LogP) is -0.155. The third-order valence-electron chi connectivity index (χ3n) is 2.59. The molecule has 15 heavy (non-hydrogen) atoms. The summed E-state index contributed by atoms with van der Waals surface area (Å²) in [7, 11) is 1.36. The highest BCUT2D eigenvalue weighted by Gasteiger charge is 2.25. The molecule has 1 fully saturated rings. The van der Waals surface area contributed by atoms with Gasteiger partial charge >= 0.3 is 6.09 Å². The second-order valence-corrected chi connectivity index (χ2v) is 3.70. The highest BCUT2D eigenvalue weighted by molar-refractivity contribution is 5.75. The van der Waals surface area contributed by atoms with Crippen LogP contribution in [0.1, 0.15) is 19.3 Å². The third kappa shape index (κ3) is 3.39. The van der Waals surface area contributed by atoms with Crippen LogP contribution in [-0.4, -0.2) is 37.1 Å². The molecule has 0 aromatic carbocycles. The summed E-state index contributed by atoms with van der Waals surface area (Å²) in [5.74, 6) is 5.00. The van der Waals surface area contributed by atoms with E-state index in [9.17, 15) is 9.59 Å². The summed E-state index contributed by atoms with van der Waals surface area (Å²) in [6.07, 6.45) is 1.88. The number of nitrogens with one attached hydrogen (secondary N) is 1. The number of hydrogen-bond donors (Lipinski definition) is 2. The Kier molecular flexibility index (Phi) is 4.36. The Hall–Kier alpha value is -1.30. The average molecular weight is 215 g/mol. The minimum atomic E-state index is -0.326. The fraction of sp³-hybridized carbons (Fsp3) is 0.778. The first-order valence-corrected chi connectivity index (χ1v) is 4.99. The summed E-state index contributed by atoms with van der Waals surface area (Å²) in [6, 6.07) is 0. The van der Waals surface area contributed by atoms with Crippen molar-refractivity contribution in [1.29, 1.82) is 0 Å². The topological polar surface area (TPSA) is 84.7 Å². The van der Waals surface area contributed by atoms with E-state index in [4.69, 9.17) is 5.84 Å². The zero-order chi connectivity index (χ0) is 11.3. The van der Waals surface area contributed by atoms with Crippen molar-refractivity contribution in [1.82, 2.24) is 10.3 Å². The zero-order valence-corrected chi connectivity index (χ0v) is 8.86. The van der Waals surface area contributed by atoms with E-state index < -0.39 is 0 Å². The molecule has 1 atom stereocenters. The molecule has 3 N–H and O–H groups in total. The van der Waals surface area contributed by atoms with Crippen LogP contribution in [0.5, 0.6) is 0 Å². The van der Waals surface area contributed by atoms with E-state index in [2.05, 4.69) is 10.2 Å². The van der Waals surface area contributed by atoms with E-state index in [-0.39, 0.29) is 17.9 Å². The molecule has 1 aliphatic heterocycles. The van der Waals surface area contributed by atoms with Gasteiger partial charge in [0.2, 0.25) is 5.91 Å². The van der Waals surface area contributed by atoms with E-state index in [1.807, 2.05) is 0 Å². The molecule has 86 valence electrons. The maximum atomic E-state index is 11.2. The molecule has 0 saturated carbocycles. The summed E-state index contributed by atoms with van der Waals surface area (Å²) in [4.78, 5) is 23.9. The number of amides is 2. The number of nitrogens with two attached hydrogens (primary N) is 1. The third-order valence-corrected chi connectivity index (χ3v) is 2.59. The molecule has 1 saturated heterocycles. The summed E-state index contributed by atoms with van der Waals surface area (Å²) in [6.45, 7) is 1.27. The number of hydrogen-bond acceptors (Lipinski definition) is 4. The lowest BCUT2D eigenvalue weighted by molar-refractivity contribution is -0.122. The quantitative estimate of drug-likeness (QED) is 0.381. The van der Waals surface area contributed by atoms with Gasteiger partial charge in [-0.1, -0.05) is 0 Å². The van der Waals surface area contributed by atoms with Crippen LogP contribution in [0, 0.1) is 5.92 Å². The highest BCUT2D eigenvalue weighted by atomic mass is 16.5. The lowest BCUT2D eigenvalue weighted by Gasteiger charge is -2.31. The number of carbonyl (C=O) groups excluding carboxylic acids is 2. The Balaban J connectivity index is 2.42. The van der Waals surface area contributed by atoms with E-state index in [0.29, 0.717) is 19.5 Å². The number of nitrogens with zero attached hydrogens (tertiary/aromatic N) is 1. The number of ether oxygens (including phenoxy) is 1. The number of piperidine rings is 1. The van der Waals surface area contributed by atoms with Crippen LogP contribution in [0.25, 0.3) is 0 Å². The molecule has 1 unspecified atom stereocenters. The summed E-state index contributed by atoms with van der Waals surface area (Å²) < 4.78 is 4.63. The molecule has 0 radical (unpaired) electrons. The monoisotopic (exact) mass is 215 g/mol. The van der Waals surface area contributed by atoms with Gasteiger partial charge in [-0.05, 0) is 18.8 Å². The first-order chi connectivity index (χ1) is 7.17. The van der Waals surface area contributed by atoms with Crippen LogP contribution in [0.15, 0.2) is 0 Å². The van der Waals surface area contributed by atoms with Gasteiger partial charge in [0.1, 0.15) is 0 Å². The van der Waals surface area contributed by atoms with E-state index in [1.54, 1.807) is 4.90 Å². The normalized spacial score (nSPS) is 20.9. The Morgan fingerprint density at radius 3 is 2.93 bits per heavy atom. The van der Waals surface area contributed by atoms with Crippen molar-refractivity contribution in [3.05, 3.63) is 0 Å². The summed E-state index contributed by atoms with van der Waals surface area (Å²) in [5, 5.41) is 0. The van der Waals surface area contributed by atoms with Gasteiger partial charge in [0.25, 0.3) is 0 Å². The van der Waals surface area contributed by atoms with Crippen LogP contribution in [0.3, 0.4) is 0 Å². The lowest BCUT2D eigenvalue weighted by atomic mass is 9.95. The van der Waals surface area contributed by atoms with E-state index in [1.165, 1.54) is 7.11 Å². The van der Waals surface area contributed by atoms with Gasteiger partial charge in [0, 0.05) is 19.5 Å². The maximum absolute atomic E-state index is 11.2. The van der Waals surface area contributed by atoms with Crippen LogP contribution in [0.4, 0.5) is 4.79 Å². The number of methoxy groups -OCH3 is 1. The van der Waals surface area contributed by atoms with Crippen molar-refractivity contribution in [3.63, 3.8) is 0 Å². The predicted molar refractivity (Wildman–Crippen MR) is 53.6 cm³/mol. The van der Waals surface area contributed by atoms with Crippen molar-refractivity contribution in [3.8, 4) is 0 Å². The molecule has 6 nitrogen and oxygen atoms in total. The van der Waals surface area contributed by atoms with Crippen molar-refractivity contribution in [2.45, 2.75) is 19.3 Å².